The van der Waals surface area contributed by atoms with E-state index in [1.807, 2.05) is 24.3 Å². The van der Waals surface area contributed by atoms with Crippen molar-refractivity contribution in [3.8, 4) is 0 Å². The maximum atomic E-state index is 13.5. The lowest BCUT2D eigenvalue weighted by Gasteiger charge is -2.39. The van der Waals surface area contributed by atoms with E-state index in [0.29, 0.717) is 21.9 Å². The third-order valence-electron chi connectivity index (χ3n) is 6.04. The fourth-order valence-corrected chi connectivity index (χ4v) is 5.19. The summed E-state index contributed by atoms with van der Waals surface area (Å²) in [5.74, 6) is -0.872. The van der Waals surface area contributed by atoms with Gasteiger partial charge in [-0.2, -0.15) is 0 Å². The molecular weight excluding hydrogens is 370 g/mol. The highest BCUT2D eigenvalue weighted by Crippen LogP contribution is 2.58. The Labute approximate surface area is 166 Å². The number of benzene rings is 3. The van der Waals surface area contributed by atoms with Crippen LogP contribution in [0.1, 0.15) is 34.1 Å². The minimum absolute atomic E-state index is 0.201. The van der Waals surface area contributed by atoms with Crippen LogP contribution in [-0.2, 0) is 9.59 Å². The van der Waals surface area contributed by atoms with Crippen LogP contribution >= 0.6 is 11.6 Å². The van der Waals surface area contributed by atoms with E-state index in [1.165, 1.54) is 4.90 Å². The summed E-state index contributed by atoms with van der Waals surface area (Å²) in [5.41, 5.74) is 6.25. The van der Waals surface area contributed by atoms with Gasteiger partial charge < -0.3 is 0 Å². The first-order valence-electron chi connectivity index (χ1n) is 9.23. The van der Waals surface area contributed by atoms with Crippen LogP contribution in [0.3, 0.4) is 0 Å². The molecule has 134 valence electrons. The van der Waals surface area contributed by atoms with Gasteiger partial charge in [-0.25, -0.2) is 4.90 Å². The van der Waals surface area contributed by atoms with E-state index in [4.69, 9.17) is 11.6 Å². The minimum atomic E-state index is -0.235. The van der Waals surface area contributed by atoms with Gasteiger partial charge in [0.15, 0.2) is 0 Å². The molecule has 0 aromatic heterocycles. The first-order valence-corrected chi connectivity index (χ1v) is 9.60. The zero-order valence-electron chi connectivity index (χ0n) is 14.7. The summed E-state index contributed by atoms with van der Waals surface area (Å²) in [7, 11) is 0. The molecule has 0 saturated carbocycles. The van der Waals surface area contributed by atoms with Crippen molar-refractivity contribution in [2.75, 3.05) is 4.90 Å². The molecule has 0 fully saturated rings. The molecule has 0 spiro atoms. The molecule has 2 amide bonds. The van der Waals surface area contributed by atoms with Crippen LogP contribution in [0.15, 0.2) is 83.9 Å². The van der Waals surface area contributed by atoms with E-state index in [1.54, 1.807) is 24.3 Å². The number of nitrogens with zero attached hydrogens (tertiary/aromatic N) is 1. The van der Waals surface area contributed by atoms with Gasteiger partial charge in [-0.15, -0.1) is 0 Å². The number of hydrogen-bond donors (Lipinski definition) is 0. The van der Waals surface area contributed by atoms with E-state index >= 15 is 0 Å². The number of amides is 2. The fraction of sp³-hybridized carbons (Fsp3) is 0.0833. The van der Waals surface area contributed by atoms with Crippen molar-refractivity contribution in [2.24, 2.45) is 0 Å². The zero-order chi connectivity index (χ0) is 19.0. The Balaban J connectivity index is 1.60. The molecule has 1 aliphatic heterocycles. The van der Waals surface area contributed by atoms with Crippen LogP contribution < -0.4 is 4.90 Å². The van der Waals surface area contributed by atoms with Crippen LogP contribution in [0.5, 0.6) is 0 Å². The molecule has 3 aromatic carbocycles. The van der Waals surface area contributed by atoms with E-state index in [-0.39, 0.29) is 23.7 Å². The maximum absolute atomic E-state index is 13.5. The molecular formula is C24H14ClNO2. The van der Waals surface area contributed by atoms with Gasteiger partial charge in [0, 0.05) is 28.0 Å². The first-order chi connectivity index (χ1) is 13.7. The molecule has 0 saturated heterocycles. The molecule has 3 aliphatic carbocycles. The predicted molar refractivity (Wildman–Crippen MR) is 108 cm³/mol. The molecule has 2 bridgehead atoms. The lowest BCUT2D eigenvalue weighted by molar-refractivity contribution is -0.120. The number of carbonyl (C=O) groups excluding carboxylic acids is 2. The Morgan fingerprint density at radius 2 is 1.11 bits per heavy atom. The number of halogens is 1. The lowest BCUT2D eigenvalue weighted by atomic mass is 9.61. The molecule has 1 heterocycles. The minimum Gasteiger partial charge on any atom is -0.269 e. The van der Waals surface area contributed by atoms with E-state index in [9.17, 15) is 9.59 Å². The largest absolute Gasteiger partial charge is 0.269 e. The number of imide groups is 1. The quantitative estimate of drug-likeness (QED) is 0.566. The molecule has 0 atom stereocenters. The molecule has 4 heteroatoms. The standard InChI is InChI=1S/C24H14ClNO2/c25-13-6-5-7-14(12-13)26-23(27)21-19-15-8-1-2-9-16(15)20(22(21)24(26)28)18-11-4-3-10-17(18)19/h1-12,19-20H. The van der Waals surface area contributed by atoms with Crippen LogP contribution in [0.25, 0.3) is 0 Å². The van der Waals surface area contributed by atoms with E-state index in [2.05, 4.69) is 24.3 Å². The van der Waals surface area contributed by atoms with E-state index in [0.717, 1.165) is 22.3 Å². The molecule has 0 radical (unpaired) electrons. The highest BCUT2D eigenvalue weighted by Gasteiger charge is 2.53. The van der Waals surface area contributed by atoms with Crippen molar-refractivity contribution in [1.82, 2.24) is 0 Å². The van der Waals surface area contributed by atoms with Crippen molar-refractivity contribution < 1.29 is 9.59 Å². The number of rotatable bonds is 1. The van der Waals surface area contributed by atoms with Gasteiger partial charge in [0.1, 0.15) is 0 Å². The molecule has 0 N–H and O–H groups in total. The zero-order valence-corrected chi connectivity index (χ0v) is 15.5. The third-order valence-corrected chi connectivity index (χ3v) is 6.27. The number of carbonyl (C=O) groups is 2. The summed E-state index contributed by atoms with van der Waals surface area (Å²) in [6.07, 6.45) is 0. The summed E-state index contributed by atoms with van der Waals surface area (Å²) in [6.45, 7) is 0. The normalized spacial score (nSPS) is 21.7. The summed E-state index contributed by atoms with van der Waals surface area (Å²) in [5, 5.41) is 0.498. The Kier molecular flexibility index (Phi) is 3.07. The van der Waals surface area contributed by atoms with Crippen molar-refractivity contribution >= 4 is 29.1 Å². The Bertz CT molecular complexity index is 1120. The molecule has 3 aromatic rings. The smallest absolute Gasteiger partial charge is 0.262 e. The van der Waals surface area contributed by atoms with Gasteiger partial charge >= 0.3 is 0 Å². The second kappa shape index (κ2) is 5.43. The summed E-state index contributed by atoms with van der Waals surface area (Å²) in [6, 6.07) is 23.2. The molecule has 4 aliphatic rings. The van der Waals surface area contributed by atoms with Crippen molar-refractivity contribution in [3.05, 3.63) is 111 Å². The fourth-order valence-electron chi connectivity index (χ4n) is 5.00. The highest BCUT2D eigenvalue weighted by atomic mass is 35.5. The average Bonchev–Trinajstić information content (AvgIpc) is 2.99. The molecule has 0 unspecified atom stereocenters. The molecule has 7 rings (SSSR count). The van der Waals surface area contributed by atoms with Gasteiger partial charge in [0.05, 0.1) is 5.69 Å². The monoisotopic (exact) mass is 383 g/mol. The topological polar surface area (TPSA) is 37.4 Å². The summed E-state index contributed by atoms with van der Waals surface area (Å²) in [4.78, 5) is 28.2. The Morgan fingerprint density at radius 1 is 0.643 bits per heavy atom. The SMILES string of the molecule is O=C1C2=C(C(=O)N1c1cccc(Cl)c1)C1c3ccccc3C2c2ccccc21. The van der Waals surface area contributed by atoms with Crippen LogP contribution in [-0.4, -0.2) is 11.8 Å². The van der Waals surface area contributed by atoms with Gasteiger partial charge in [-0.1, -0.05) is 66.2 Å². The van der Waals surface area contributed by atoms with Crippen molar-refractivity contribution in [3.63, 3.8) is 0 Å². The summed E-state index contributed by atoms with van der Waals surface area (Å²) < 4.78 is 0. The highest BCUT2D eigenvalue weighted by molar-refractivity contribution is 6.36. The average molecular weight is 384 g/mol. The molecule has 3 nitrogen and oxygen atoms in total. The predicted octanol–water partition coefficient (Wildman–Crippen LogP) is 4.80. The van der Waals surface area contributed by atoms with E-state index < -0.39 is 0 Å². The second-order valence-electron chi connectivity index (χ2n) is 7.38. The second-order valence-corrected chi connectivity index (χ2v) is 7.81. The summed E-state index contributed by atoms with van der Waals surface area (Å²) >= 11 is 6.12. The first kappa shape index (κ1) is 15.8. The Morgan fingerprint density at radius 3 is 1.54 bits per heavy atom. The van der Waals surface area contributed by atoms with Gasteiger partial charge in [-0.3, -0.25) is 9.59 Å². The van der Waals surface area contributed by atoms with Crippen molar-refractivity contribution in [1.29, 1.82) is 0 Å². The lowest BCUT2D eigenvalue weighted by Crippen LogP contribution is -2.32. The van der Waals surface area contributed by atoms with Crippen LogP contribution in [0, 0.1) is 0 Å². The van der Waals surface area contributed by atoms with Crippen molar-refractivity contribution in [2.45, 2.75) is 11.8 Å². The van der Waals surface area contributed by atoms with Gasteiger partial charge in [0.2, 0.25) is 0 Å². The number of anilines is 1. The Hall–Kier alpha value is -3.17. The maximum Gasteiger partial charge on any atom is 0.262 e. The van der Waals surface area contributed by atoms with Crippen LogP contribution in [0.4, 0.5) is 5.69 Å². The van der Waals surface area contributed by atoms with Crippen LogP contribution in [0.2, 0.25) is 5.02 Å². The van der Waals surface area contributed by atoms with Gasteiger partial charge in [-0.05, 0) is 40.5 Å². The molecule has 28 heavy (non-hydrogen) atoms. The number of hydrogen-bond acceptors (Lipinski definition) is 2. The van der Waals surface area contributed by atoms with Gasteiger partial charge in [0.25, 0.3) is 11.8 Å². The third kappa shape index (κ3) is 1.84.